The summed E-state index contributed by atoms with van der Waals surface area (Å²) in [5.41, 5.74) is 1.10. The number of nitrogens with zero attached hydrogens (tertiary/aromatic N) is 2. The van der Waals surface area contributed by atoms with Crippen molar-refractivity contribution in [2.75, 3.05) is 39.4 Å². The Hall–Kier alpha value is -1.39. The van der Waals surface area contributed by atoms with Crippen molar-refractivity contribution in [3.63, 3.8) is 0 Å². The van der Waals surface area contributed by atoms with E-state index in [1.54, 1.807) is 0 Å². The molecule has 1 aromatic carbocycles. The number of amides is 1. The van der Waals surface area contributed by atoms with E-state index in [9.17, 15) is 4.79 Å². The Balaban J connectivity index is 1.52. The van der Waals surface area contributed by atoms with Crippen molar-refractivity contribution in [1.82, 2.24) is 9.80 Å². The van der Waals surface area contributed by atoms with Crippen LogP contribution in [0.1, 0.15) is 12.0 Å². The first-order valence-electron chi connectivity index (χ1n) is 7.46. The maximum Gasteiger partial charge on any atom is 0.227 e. The van der Waals surface area contributed by atoms with Crippen LogP contribution in [0, 0.1) is 0 Å². The molecular weight excluding hydrogens is 252 g/mol. The Labute approximate surface area is 120 Å². The van der Waals surface area contributed by atoms with E-state index in [4.69, 9.17) is 4.74 Å². The highest BCUT2D eigenvalue weighted by molar-refractivity contribution is 5.79. The summed E-state index contributed by atoms with van der Waals surface area (Å²) in [6, 6.07) is 10.5. The van der Waals surface area contributed by atoms with Gasteiger partial charge < -0.3 is 9.64 Å². The van der Waals surface area contributed by atoms with Gasteiger partial charge in [-0.15, -0.1) is 0 Å². The summed E-state index contributed by atoms with van der Waals surface area (Å²) in [6.45, 7) is 5.44. The van der Waals surface area contributed by atoms with Crippen molar-refractivity contribution >= 4 is 5.91 Å². The molecule has 0 bridgehead atoms. The van der Waals surface area contributed by atoms with Gasteiger partial charge in [0.05, 0.1) is 19.6 Å². The average molecular weight is 274 g/mol. The van der Waals surface area contributed by atoms with Crippen molar-refractivity contribution in [2.24, 2.45) is 0 Å². The van der Waals surface area contributed by atoms with Gasteiger partial charge in [0, 0.05) is 32.2 Å². The van der Waals surface area contributed by atoms with Gasteiger partial charge in [-0.3, -0.25) is 9.69 Å². The molecule has 2 aliphatic rings. The topological polar surface area (TPSA) is 32.8 Å². The summed E-state index contributed by atoms with van der Waals surface area (Å²) < 4.78 is 5.39. The second-order valence-electron chi connectivity index (χ2n) is 5.59. The smallest absolute Gasteiger partial charge is 0.227 e. The lowest BCUT2D eigenvalue weighted by Crippen LogP contribution is -2.45. The Bertz CT molecular complexity index is 443. The molecule has 2 saturated heterocycles. The molecule has 0 spiro atoms. The molecule has 1 unspecified atom stereocenters. The van der Waals surface area contributed by atoms with Crippen LogP contribution in [0.5, 0.6) is 0 Å². The third-order valence-electron chi connectivity index (χ3n) is 4.28. The zero-order valence-electron chi connectivity index (χ0n) is 11.8. The second-order valence-corrected chi connectivity index (χ2v) is 5.59. The van der Waals surface area contributed by atoms with E-state index >= 15 is 0 Å². The molecule has 20 heavy (non-hydrogen) atoms. The third-order valence-corrected chi connectivity index (χ3v) is 4.28. The molecule has 1 amide bonds. The maximum atomic E-state index is 12.3. The fraction of sp³-hybridized carbons (Fsp3) is 0.562. The average Bonchev–Trinajstić information content (AvgIpc) is 2.99. The number of hydrogen-bond acceptors (Lipinski definition) is 3. The van der Waals surface area contributed by atoms with E-state index in [1.165, 1.54) is 0 Å². The lowest BCUT2D eigenvalue weighted by atomic mass is 10.1. The Morgan fingerprint density at radius 2 is 1.90 bits per heavy atom. The molecule has 0 aromatic heterocycles. The van der Waals surface area contributed by atoms with Crippen LogP contribution in [0.2, 0.25) is 0 Å². The summed E-state index contributed by atoms with van der Waals surface area (Å²) in [7, 11) is 0. The molecule has 0 aliphatic carbocycles. The number of carbonyl (C=O) groups excluding carboxylic acids is 1. The third kappa shape index (κ3) is 3.19. The summed E-state index contributed by atoms with van der Waals surface area (Å²) in [5.74, 6) is 0.256. The number of hydrogen-bond donors (Lipinski definition) is 0. The quantitative estimate of drug-likeness (QED) is 0.829. The van der Waals surface area contributed by atoms with Gasteiger partial charge in [-0.05, 0) is 12.0 Å². The molecule has 0 radical (unpaired) electrons. The number of benzene rings is 1. The molecule has 2 heterocycles. The molecular formula is C16H22N2O2. The van der Waals surface area contributed by atoms with Crippen LogP contribution in [0.4, 0.5) is 0 Å². The SMILES string of the molecule is O=C(Cc1ccccc1)N1CCC(N2CCOCC2)C1. The second kappa shape index (κ2) is 6.37. The van der Waals surface area contributed by atoms with Crippen molar-refractivity contribution in [3.05, 3.63) is 35.9 Å². The molecule has 0 saturated carbocycles. The van der Waals surface area contributed by atoms with Crippen LogP contribution in [0.25, 0.3) is 0 Å². The standard InChI is InChI=1S/C16H22N2O2/c19-16(12-14-4-2-1-3-5-14)18-7-6-15(13-18)17-8-10-20-11-9-17/h1-5,15H,6-13H2. The van der Waals surface area contributed by atoms with Gasteiger partial charge in [0.15, 0.2) is 0 Å². The predicted octanol–water partition coefficient (Wildman–Crippen LogP) is 1.16. The van der Waals surface area contributed by atoms with Gasteiger partial charge in [-0.2, -0.15) is 0 Å². The minimum atomic E-state index is 0.256. The Kier molecular flexibility index (Phi) is 4.33. The molecule has 4 nitrogen and oxygen atoms in total. The van der Waals surface area contributed by atoms with Gasteiger partial charge in [-0.25, -0.2) is 0 Å². The zero-order chi connectivity index (χ0) is 13.8. The normalized spacial score (nSPS) is 24.0. The highest BCUT2D eigenvalue weighted by Gasteiger charge is 2.30. The number of morpholine rings is 1. The summed E-state index contributed by atoms with van der Waals surface area (Å²) >= 11 is 0. The minimum Gasteiger partial charge on any atom is -0.379 e. The first-order chi connectivity index (χ1) is 9.83. The lowest BCUT2D eigenvalue weighted by molar-refractivity contribution is -0.129. The molecule has 1 atom stereocenters. The van der Waals surface area contributed by atoms with Crippen LogP contribution < -0.4 is 0 Å². The van der Waals surface area contributed by atoms with Crippen molar-refractivity contribution in [2.45, 2.75) is 18.9 Å². The lowest BCUT2D eigenvalue weighted by Gasteiger charge is -2.32. The van der Waals surface area contributed by atoms with Crippen LogP contribution in [0.15, 0.2) is 30.3 Å². The maximum absolute atomic E-state index is 12.3. The monoisotopic (exact) mass is 274 g/mol. The van der Waals surface area contributed by atoms with E-state index in [-0.39, 0.29) is 5.91 Å². The summed E-state index contributed by atoms with van der Waals surface area (Å²) in [4.78, 5) is 16.8. The van der Waals surface area contributed by atoms with Crippen LogP contribution >= 0.6 is 0 Å². The van der Waals surface area contributed by atoms with Gasteiger partial charge >= 0.3 is 0 Å². The van der Waals surface area contributed by atoms with E-state index in [0.717, 1.165) is 51.4 Å². The first kappa shape index (κ1) is 13.6. The van der Waals surface area contributed by atoms with Gasteiger partial charge in [0.1, 0.15) is 0 Å². The van der Waals surface area contributed by atoms with E-state index < -0.39 is 0 Å². The minimum absolute atomic E-state index is 0.256. The highest BCUT2D eigenvalue weighted by Crippen LogP contribution is 2.18. The number of rotatable bonds is 3. The molecule has 2 aliphatic heterocycles. The number of carbonyl (C=O) groups is 1. The Morgan fingerprint density at radius 1 is 1.15 bits per heavy atom. The number of likely N-dealkylation sites (tertiary alicyclic amines) is 1. The van der Waals surface area contributed by atoms with E-state index in [1.807, 2.05) is 35.2 Å². The molecule has 2 fully saturated rings. The fourth-order valence-electron chi connectivity index (χ4n) is 3.09. The molecule has 3 rings (SSSR count). The van der Waals surface area contributed by atoms with Gasteiger partial charge in [-0.1, -0.05) is 30.3 Å². The molecule has 4 heteroatoms. The van der Waals surface area contributed by atoms with Crippen LogP contribution in [-0.4, -0.2) is 61.1 Å². The molecule has 1 aromatic rings. The summed E-state index contributed by atoms with van der Waals surface area (Å²) in [5, 5.41) is 0. The van der Waals surface area contributed by atoms with Crippen LogP contribution in [-0.2, 0) is 16.0 Å². The van der Waals surface area contributed by atoms with Gasteiger partial charge in [0.2, 0.25) is 5.91 Å². The summed E-state index contributed by atoms with van der Waals surface area (Å²) in [6.07, 6.45) is 1.62. The largest absolute Gasteiger partial charge is 0.379 e. The van der Waals surface area contributed by atoms with Crippen molar-refractivity contribution in [3.8, 4) is 0 Å². The molecule has 0 N–H and O–H groups in total. The Morgan fingerprint density at radius 3 is 2.65 bits per heavy atom. The highest BCUT2D eigenvalue weighted by atomic mass is 16.5. The van der Waals surface area contributed by atoms with Crippen LogP contribution in [0.3, 0.4) is 0 Å². The van der Waals surface area contributed by atoms with Crippen molar-refractivity contribution in [1.29, 1.82) is 0 Å². The van der Waals surface area contributed by atoms with Gasteiger partial charge in [0.25, 0.3) is 0 Å². The first-order valence-corrected chi connectivity index (χ1v) is 7.46. The molecule has 108 valence electrons. The fourth-order valence-corrected chi connectivity index (χ4v) is 3.09. The zero-order valence-corrected chi connectivity index (χ0v) is 11.8. The number of ether oxygens (including phenoxy) is 1. The van der Waals surface area contributed by atoms with E-state index in [2.05, 4.69) is 4.90 Å². The predicted molar refractivity (Wildman–Crippen MR) is 77.5 cm³/mol. The van der Waals surface area contributed by atoms with Crippen molar-refractivity contribution < 1.29 is 9.53 Å². The van der Waals surface area contributed by atoms with E-state index in [0.29, 0.717) is 12.5 Å².